The van der Waals surface area contributed by atoms with Crippen molar-refractivity contribution in [1.82, 2.24) is 4.98 Å². The molecule has 0 amide bonds. The largest absolute Gasteiger partial charge is 0.381 e. The van der Waals surface area contributed by atoms with Crippen LogP contribution in [0.4, 0.5) is 5.69 Å². The highest BCUT2D eigenvalue weighted by Gasteiger charge is 1.99. The van der Waals surface area contributed by atoms with Crippen molar-refractivity contribution in [3.05, 3.63) is 65.9 Å². The average Bonchev–Trinajstić information content (AvgIpc) is 2.53. The predicted molar refractivity (Wildman–Crippen MR) is 92.0 cm³/mol. The maximum Gasteiger partial charge on any atom is 0.0705 e. The monoisotopic (exact) mass is 294 g/mol. The fourth-order valence-corrected chi connectivity index (χ4v) is 2.78. The molecule has 0 aliphatic heterocycles. The molecule has 0 atom stereocenters. The highest BCUT2D eigenvalue weighted by Crippen LogP contribution is 2.20. The molecule has 3 heteroatoms. The van der Waals surface area contributed by atoms with Crippen LogP contribution in [0.25, 0.3) is 10.9 Å². The first kappa shape index (κ1) is 14.0. The zero-order valence-electron chi connectivity index (χ0n) is 12.3. The van der Waals surface area contributed by atoms with Crippen LogP contribution in [0.2, 0.25) is 0 Å². The fourth-order valence-electron chi connectivity index (χ4n) is 2.32. The summed E-state index contributed by atoms with van der Waals surface area (Å²) in [6, 6.07) is 19.1. The summed E-state index contributed by atoms with van der Waals surface area (Å²) < 4.78 is 0. The zero-order chi connectivity index (χ0) is 14.7. The molecule has 0 aliphatic carbocycles. The highest BCUT2D eigenvalue weighted by atomic mass is 32.2. The molecule has 21 heavy (non-hydrogen) atoms. The number of hydrogen-bond donors (Lipinski definition) is 1. The Kier molecular flexibility index (Phi) is 4.11. The molecule has 0 fully saturated rings. The number of benzene rings is 2. The van der Waals surface area contributed by atoms with Gasteiger partial charge in [0.2, 0.25) is 0 Å². The van der Waals surface area contributed by atoms with E-state index >= 15 is 0 Å². The molecule has 3 rings (SSSR count). The molecule has 0 bridgehead atoms. The Morgan fingerprint density at radius 1 is 1.05 bits per heavy atom. The van der Waals surface area contributed by atoms with Gasteiger partial charge in [0.1, 0.15) is 0 Å². The van der Waals surface area contributed by atoms with E-state index < -0.39 is 0 Å². The standard InChI is InChI=1S/C18H18N2S/c1-13-6-8-15-10-14(7-9-18(15)20-13)12-19-16-4-3-5-17(11-16)21-2/h3-11,19H,12H2,1-2H3. The number of thioether (sulfide) groups is 1. The molecule has 0 aliphatic rings. The Hall–Kier alpha value is -2.00. The number of aromatic nitrogens is 1. The lowest BCUT2D eigenvalue weighted by molar-refractivity contribution is 1.15. The molecule has 0 saturated carbocycles. The van der Waals surface area contributed by atoms with Gasteiger partial charge in [-0.05, 0) is 55.1 Å². The zero-order valence-corrected chi connectivity index (χ0v) is 13.1. The average molecular weight is 294 g/mol. The topological polar surface area (TPSA) is 24.9 Å². The summed E-state index contributed by atoms with van der Waals surface area (Å²) in [4.78, 5) is 5.81. The van der Waals surface area contributed by atoms with Gasteiger partial charge in [-0.25, -0.2) is 0 Å². The van der Waals surface area contributed by atoms with Crippen molar-refractivity contribution in [1.29, 1.82) is 0 Å². The lowest BCUT2D eigenvalue weighted by atomic mass is 10.1. The van der Waals surface area contributed by atoms with Crippen LogP contribution >= 0.6 is 11.8 Å². The molecule has 2 aromatic carbocycles. The van der Waals surface area contributed by atoms with Gasteiger partial charge >= 0.3 is 0 Å². The number of hydrogen-bond acceptors (Lipinski definition) is 3. The smallest absolute Gasteiger partial charge is 0.0705 e. The van der Waals surface area contributed by atoms with Crippen LogP contribution in [0.3, 0.4) is 0 Å². The van der Waals surface area contributed by atoms with Gasteiger partial charge in [-0.3, -0.25) is 4.98 Å². The molecule has 1 aromatic heterocycles. The minimum absolute atomic E-state index is 0.821. The van der Waals surface area contributed by atoms with E-state index in [4.69, 9.17) is 0 Å². The van der Waals surface area contributed by atoms with E-state index in [9.17, 15) is 0 Å². The Labute approximate surface area is 129 Å². The van der Waals surface area contributed by atoms with E-state index in [1.807, 2.05) is 6.92 Å². The predicted octanol–water partition coefficient (Wildman–Crippen LogP) is 4.88. The Balaban J connectivity index is 1.77. The van der Waals surface area contributed by atoms with Crippen LogP contribution in [-0.2, 0) is 6.54 Å². The first-order valence-corrected chi connectivity index (χ1v) is 8.21. The van der Waals surface area contributed by atoms with Gasteiger partial charge in [0, 0.05) is 28.2 Å². The number of pyridine rings is 1. The van der Waals surface area contributed by atoms with Gasteiger partial charge in [-0.2, -0.15) is 0 Å². The third kappa shape index (κ3) is 3.37. The summed E-state index contributed by atoms with van der Waals surface area (Å²) in [5.41, 5.74) is 4.54. The van der Waals surface area contributed by atoms with Crippen molar-refractivity contribution in [3.63, 3.8) is 0 Å². The molecule has 1 N–H and O–H groups in total. The molecular weight excluding hydrogens is 276 g/mol. The molecule has 2 nitrogen and oxygen atoms in total. The number of nitrogens with zero attached hydrogens (tertiary/aromatic N) is 1. The number of rotatable bonds is 4. The normalized spacial score (nSPS) is 10.8. The van der Waals surface area contributed by atoms with Gasteiger partial charge in [0.25, 0.3) is 0 Å². The van der Waals surface area contributed by atoms with Crippen molar-refractivity contribution in [2.24, 2.45) is 0 Å². The Morgan fingerprint density at radius 2 is 1.95 bits per heavy atom. The summed E-state index contributed by atoms with van der Waals surface area (Å²) in [7, 11) is 0. The third-order valence-corrected chi connectivity index (χ3v) is 4.18. The van der Waals surface area contributed by atoms with Crippen molar-refractivity contribution in [2.45, 2.75) is 18.4 Å². The second-order valence-corrected chi connectivity index (χ2v) is 5.94. The van der Waals surface area contributed by atoms with Gasteiger partial charge in [-0.1, -0.05) is 18.2 Å². The van der Waals surface area contributed by atoms with E-state index in [2.05, 4.69) is 71.2 Å². The number of aryl methyl sites for hydroxylation is 1. The van der Waals surface area contributed by atoms with E-state index in [1.54, 1.807) is 11.8 Å². The maximum atomic E-state index is 4.53. The molecule has 0 radical (unpaired) electrons. The van der Waals surface area contributed by atoms with Crippen molar-refractivity contribution in [3.8, 4) is 0 Å². The van der Waals surface area contributed by atoms with Crippen LogP contribution < -0.4 is 5.32 Å². The van der Waals surface area contributed by atoms with E-state index in [-0.39, 0.29) is 0 Å². The Bertz CT molecular complexity index is 768. The SMILES string of the molecule is CSc1cccc(NCc2ccc3nc(C)ccc3c2)c1. The fraction of sp³-hybridized carbons (Fsp3) is 0.167. The lowest BCUT2D eigenvalue weighted by Crippen LogP contribution is -1.99. The maximum absolute atomic E-state index is 4.53. The van der Waals surface area contributed by atoms with E-state index in [1.165, 1.54) is 15.8 Å². The van der Waals surface area contributed by atoms with Crippen molar-refractivity contribution in [2.75, 3.05) is 11.6 Å². The van der Waals surface area contributed by atoms with E-state index in [0.717, 1.165) is 23.4 Å². The molecule has 0 saturated heterocycles. The second-order valence-electron chi connectivity index (χ2n) is 5.07. The van der Waals surface area contributed by atoms with Crippen LogP contribution in [0, 0.1) is 6.92 Å². The van der Waals surface area contributed by atoms with E-state index in [0.29, 0.717) is 0 Å². The molecule has 0 spiro atoms. The summed E-state index contributed by atoms with van der Waals surface area (Å²) >= 11 is 1.76. The van der Waals surface area contributed by atoms with Gasteiger partial charge in [0.05, 0.1) is 5.52 Å². The third-order valence-electron chi connectivity index (χ3n) is 3.46. The first-order chi connectivity index (χ1) is 10.2. The summed E-state index contributed by atoms with van der Waals surface area (Å²) in [6.45, 7) is 2.84. The van der Waals surface area contributed by atoms with Crippen LogP contribution in [0.5, 0.6) is 0 Å². The first-order valence-electron chi connectivity index (χ1n) is 6.99. The highest BCUT2D eigenvalue weighted by molar-refractivity contribution is 7.98. The Morgan fingerprint density at radius 3 is 2.81 bits per heavy atom. The minimum atomic E-state index is 0.821. The molecule has 0 unspecified atom stereocenters. The summed E-state index contributed by atoms with van der Waals surface area (Å²) in [5.74, 6) is 0. The number of nitrogens with one attached hydrogen (secondary N) is 1. The summed E-state index contributed by atoms with van der Waals surface area (Å²) in [5, 5.41) is 4.67. The molecule has 1 heterocycles. The van der Waals surface area contributed by atoms with Crippen molar-refractivity contribution < 1.29 is 0 Å². The van der Waals surface area contributed by atoms with Crippen LogP contribution in [-0.4, -0.2) is 11.2 Å². The van der Waals surface area contributed by atoms with Crippen LogP contribution in [0.1, 0.15) is 11.3 Å². The second kappa shape index (κ2) is 6.19. The van der Waals surface area contributed by atoms with Gasteiger partial charge < -0.3 is 5.32 Å². The minimum Gasteiger partial charge on any atom is -0.381 e. The van der Waals surface area contributed by atoms with Gasteiger partial charge in [-0.15, -0.1) is 11.8 Å². The van der Waals surface area contributed by atoms with Gasteiger partial charge in [0.15, 0.2) is 0 Å². The molecular formula is C18H18N2S. The van der Waals surface area contributed by atoms with Crippen molar-refractivity contribution >= 4 is 28.4 Å². The number of anilines is 1. The lowest BCUT2D eigenvalue weighted by Gasteiger charge is -2.09. The van der Waals surface area contributed by atoms with Crippen LogP contribution in [0.15, 0.2) is 59.5 Å². The molecule has 106 valence electrons. The quantitative estimate of drug-likeness (QED) is 0.694. The molecule has 3 aromatic rings. The summed E-state index contributed by atoms with van der Waals surface area (Å²) in [6.07, 6.45) is 2.09. The number of fused-ring (bicyclic) bond motifs is 1.